The van der Waals surface area contributed by atoms with E-state index in [4.69, 9.17) is 18.4 Å². The maximum absolute atomic E-state index is 13.9. The van der Waals surface area contributed by atoms with Crippen molar-refractivity contribution in [2.45, 2.75) is 0 Å². The van der Waals surface area contributed by atoms with Crippen LogP contribution in [0.1, 0.15) is 26.5 Å². The van der Waals surface area contributed by atoms with E-state index in [-0.39, 0.29) is 18.5 Å². The monoisotopic (exact) mass is 534 g/mol. The molecular formula is C30H22N4O6. The minimum atomic E-state index is -0.129. The molecule has 1 aliphatic carbocycles. The van der Waals surface area contributed by atoms with Crippen molar-refractivity contribution in [1.82, 2.24) is 10.1 Å². The molecular weight excluding hydrogens is 512 g/mol. The van der Waals surface area contributed by atoms with Gasteiger partial charge in [0.25, 0.3) is 5.91 Å². The number of ether oxygens (including phenoxy) is 2. The lowest BCUT2D eigenvalue weighted by atomic mass is 9.86. The van der Waals surface area contributed by atoms with Crippen LogP contribution in [0.5, 0.6) is 11.5 Å². The number of hydrogen-bond acceptors (Lipinski definition) is 9. The van der Waals surface area contributed by atoms with Gasteiger partial charge in [0.05, 0.1) is 28.6 Å². The third-order valence-electron chi connectivity index (χ3n) is 7.67. The van der Waals surface area contributed by atoms with Crippen molar-refractivity contribution in [3.05, 3.63) is 83.8 Å². The van der Waals surface area contributed by atoms with E-state index in [0.717, 1.165) is 16.9 Å². The number of rotatable bonds is 4. The van der Waals surface area contributed by atoms with Gasteiger partial charge in [0.2, 0.25) is 6.79 Å². The number of amides is 1. The lowest BCUT2D eigenvalue weighted by molar-refractivity contribution is 0.0714. The standard InChI is InChI=1S/C30H22N4O6/c35-28-18-4-1-2-5-19(18)29-26-25(28)20(31-17-7-8-22-24(14-17)39-16-38-22)15-21(27(26)32-40-29)33-9-11-34(12-10-33)30(36)23-6-3-13-37-23/h1-8,13-15,31H,9-12,16H2. The number of benzene rings is 3. The molecule has 5 aromatic rings. The van der Waals surface area contributed by atoms with Gasteiger partial charge in [0, 0.05) is 49.1 Å². The van der Waals surface area contributed by atoms with Gasteiger partial charge in [-0.2, -0.15) is 0 Å². The molecule has 8 rings (SSSR count). The molecule has 1 saturated heterocycles. The summed E-state index contributed by atoms with van der Waals surface area (Å²) in [6.07, 6.45) is 1.50. The van der Waals surface area contributed by atoms with E-state index in [0.29, 0.717) is 76.9 Å². The second kappa shape index (κ2) is 8.63. The van der Waals surface area contributed by atoms with Crippen LogP contribution in [-0.2, 0) is 0 Å². The molecule has 1 N–H and O–H groups in total. The molecule has 10 heteroatoms. The third kappa shape index (κ3) is 3.39. The summed E-state index contributed by atoms with van der Waals surface area (Å²) >= 11 is 0. The number of nitrogens with zero attached hydrogens (tertiary/aromatic N) is 3. The molecule has 1 amide bonds. The van der Waals surface area contributed by atoms with Gasteiger partial charge >= 0.3 is 0 Å². The molecule has 4 heterocycles. The number of ketones is 1. The first-order chi connectivity index (χ1) is 19.7. The number of hydrogen-bond donors (Lipinski definition) is 1. The van der Waals surface area contributed by atoms with E-state index in [9.17, 15) is 9.59 Å². The Bertz CT molecular complexity index is 1820. The Hall–Kier alpha value is -5.25. The van der Waals surface area contributed by atoms with Gasteiger partial charge in [-0.25, -0.2) is 0 Å². The zero-order valence-corrected chi connectivity index (χ0v) is 21.2. The van der Waals surface area contributed by atoms with Gasteiger partial charge in [0.15, 0.2) is 28.8 Å². The summed E-state index contributed by atoms with van der Waals surface area (Å²) in [6, 6.07) is 18.3. The molecule has 0 unspecified atom stereocenters. The van der Waals surface area contributed by atoms with Gasteiger partial charge in [0.1, 0.15) is 5.52 Å². The zero-order valence-electron chi connectivity index (χ0n) is 21.2. The van der Waals surface area contributed by atoms with Crippen LogP contribution in [0.25, 0.3) is 22.2 Å². The highest BCUT2D eigenvalue weighted by Crippen LogP contribution is 2.47. The Balaban J connectivity index is 1.22. The number of furan rings is 1. The third-order valence-corrected chi connectivity index (χ3v) is 7.67. The number of anilines is 3. The van der Waals surface area contributed by atoms with Crippen LogP contribution in [0.3, 0.4) is 0 Å². The highest BCUT2D eigenvalue weighted by atomic mass is 16.7. The largest absolute Gasteiger partial charge is 0.459 e. The van der Waals surface area contributed by atoms with Crippen LogP contribution < -0.4 is 19.7 Å². The number of fused-ring (bicyclic) bond motifs is 3. The van der Waals surface area contributed by atoms with Crippen molar-refractivity contribution in [1.29, 1.82) is 0 Å². The summed E-state index contributed by atoms with van der Waals surface area (Å²) in [7, 11) is 0. The van der Waals surface area contributed by atoms with E-state index in [1.165, 1.54) is 6.26 Å². The van der Waals surface area contributed by atoms with Gasteiger partial charge < -0.3 is 33.5 Å². The number of nitrogens with one attached hydrogen (secondary N) is 1. The second-order valence-electron chi connectivity index (χ2n) is 9.88. The van der Waals surface area contributed by atoms with Gasteiger partial charge in [-0.3, -0.25) is 9.59 Å². The Kier molecular flexibility index (Phi) is 4.90. The van der Waals surface area contributed by atoms with Crippen LogP contribution in [0.4, 0.5) is 17.1 Å². The molecule has 0 saturated carbocycles. The fourth-order valence-electron chi connectivity index (χ4n) is 5.72. The van der Waals surface area contributed by atoms with Gasteiger partial charge in [-0.05, 0) is 30.3 Å². The molecule has 10 nitrogen and oxygen atoms in total. The smallest absolute Gasteiger partial charge is 0.289 e. The van der Waals surface area contributed by atoms with Crippen LogP contribution in [0.2, 0.25) is 0 Å². The highest BCUT2D eigenvalue weighted by Gasteiger charge is 2.34. The van der Waals surface area contributed by atoms with Crippen molar-refractivity contribution < 1.29 is 28.0 Å². The molecule has 40 heavy (non-hydrogen) atoms. The molecule has 2 aliphatic heterocycles. The Morgan fingerprint density at radius 2 is 1.73 bits per heavy atom. The summed E-state index contributed by atoms with van der Waals surface area (Å²) in [5, 5.41) is 8.59. The average Bonchev–Trinajstić information content (AvgIpc) is 3.77. The lowest BCUT2D eigenvalue weighted by Gasteiger charge is -2.36. The van der Waals surface area contributed by atoms with Crippen molar-refractivity contribution in [3.63, 3.8) is 0 Å². The summed E-state index contributed by atoms with van der Waals surface area (Å²) in [4.78, 5) is 30.7. The van der Waals surface area contributed by atoms with E-state index < -0.39 is 0 Å². The van der Waals surface area contributed by atoms with Crippen LogP contribution in [0.15, 0.2) is 75.9 Å². The predicted molar refractivity (Wildman–Crippen MR) is 146 cm³/mol. The minimum Gasteiger partial charge on any atom is -0.459 e. The molecule has 0 spiro atoms. The van der Waals surface area contributed by atoms with Crippen LogP contribution in [-0.4, -0.2) is 54.7 Å². The quantitative estimate of drug-likeness (QED) is 0.332. The fourth-order valence-corrected chi connectivity index (χ4v) is 5.72. The molecule has 198 valence electrons. The molecule has 2 aromatic heterocycles. The summed E-state index contributed by atoms with van der Waals surface area (Å²) in [5.41, 5.74) is 4.65. The SMILES string of the molecule is O=C1c2ccccc2-c2onc3c(N4CCN(C(=O)c5ccco5)CC4)cc(Nc4ccc5c(c4)OCO5)c1c23. The molecule has 3 aliphatic rings. The molecule has 1 fully saturated rings. The fraction of sp³-hybridized carbons (Fsp3) is 0.167. The van der Waals surface area contributed by atoms with E-state index >= 15 is 0 Å². The highest BCUT2D eigenvalue weighted by molar-refractivity contribution is 6.28. The first kappa shape index (κ1) is 22.7. The van der Waals surface area contributed by atoms with Crippen molar-refractivity contribution in [3.8, 4) is 22.8 Å². The zero-order chi connectivity index (χ0) is 26.8. The minimum absolute atomic E-state index is 0.0973. The lowest BCUT2D eigenvalue weighted by Crippen LogP contribution is -2.48. The number of piperazine rings is 1. The maximum Gasteiger partial charge on any atom is 0.289 e. The summed E-state index contributed by atoms with van der Waals surface area (Å²) in [5.74, 6) is 1.99. The molecule has 3 aromatic carbocycles. The first-order valence-corrected chi connectivity index (χ1v) is 13.0. The van der Waals surface area contributed by atoms with Crippen molar-refractivity contribution >= 4 is 39.7 Å². The Morgan fingerprint density at radius 3 is 2.55 bits per heavy atom. The van der Waals surface area contributed by atoms with Gasteiger partial charge in [-0.1, -0.05) is 29.4 Å². The van der Waals surface area contributed by atoms with Crippen molar-refractivity contribution in [2.24, 2.45) is 0 Å². The number of carbonyl (C=O) groups is 2. The topological polar surface area (TPSA) is 110 Å². The van der Waals surface area contributed by atoms with Crippen molar-refractivity contribution in [2.75, 3.05) is 43.2 Å². The molecule has 0 radical (unpaired) electrons. The maximum atomic E-state index is 13.9. The Labute approximate surface area is 227 Å². The molecule has 0 bridgehead atoms. The Morgan fingerprint density at radius 1 is 0.900 bits per heavy atom. The van der Waals surface area contributed by atoms with Crippen LogP contribution in [0, 0.1) is 0 Å². The average molecular weight is 535 g/mol. The van der Waals surface area contributed by atoms with E-state index in [1.54, 1.807) is 17.0 Å². The van der Waals surface area contributed by atoms with E-state index in [2.05, 4.69) is 15.4 Å². The number of carbonyl (C=O) groups excluding carboxylic acids is 2. The number of aromatic nitrogens is 1. The first-order valence-electron chi connectivity index (χ1n) is 13.0. The summed E-state index contributed by atoms with van der Waals surface area (Å²) < 4.78 is 22.2. The summed E-state index contributed by atoms with van der Waals surface area (Å²) in [6.45, 7) is 2.36. The van der Waals surface area contributed by atoms with Crippen LogP contribution >= 0.6 is 0 Å². The normalized spacial score (nSPS) is 15.4. The van der Waals surface area contributed by atoms with E-state index in [1.807, 2.05) is 48.5 Å². The predicted octanol–water partition coefficient (Wildman–Crippen LogP) is 5.07. The molecule has 0 atom stereocenters. The van der Waals surface area contributed by atoms with Gasteiger partial charge in [-0.15, -0.1) is 0 Å². The second-order valence-corrected chi connectivity index (χ2v) is 9.88.